The summed E-state index contributed by atoms with van der Waals surface area (Å²) < 4.78 is 0. The summed E-state index contributed by atoms with van der Waals surface area (Å²) in [6.07, 6.45) is -0.745. The lowest BCUT2D eigenvalue weighted by molar-refractivity contribution is -0.154. The fraction of sp³-hybridized carbons (Fsp3) is 0.318. The first kappa shape index (κ1) is 21.3. The molecular formula is C22H27N5O3. The van der Waals surface area contributed by atoms with E-state index in [2.05, 4.69) is 5.32 Å². The number of nitrogen functional groups attached to an aromatic ring is 1. The van der Waals surface area contributed by atoms with Crippen molar-refractivity contribution < 1.29 is 14.7 Å². The third kappa shape index (κ3) is 4.60. The summed E-state index contributed by atoms with van der Waals surface area (Å²) in [6.45, 7) is 0.748. The number of nitrogens with two attached hydrogens (primary N) is 1. The van der Waals surface area contributed by atoms with Gasteiger partial charge in [0.05, 0.1) is 0 Å². The summed E-state index contributed by atoms with van der Waals surface area (Å²) >= 11 is 0. The van der Waals surface area contributed by atoms with Crippen LogP contribution in [0.15, 0.2) is 48.5 Å². The van der Waals surface area contributed by atoms with Crippen LogP contribution in [0.5, 0.6) is 0 Å². The largest absolute Gasteiger partial charge is 0.384 e. The van der Waals surface area contributed by atoms with Crippen LogP contribution < -0.4 is 16.0 Å². The number of nitrogens with one attached hydrogen (secondary N) is 2. The van der Waals surface area contributed by atoms with Crippen LogP contribution >= 0.6 is 0 Å². The first-order chi connectivity index (χ1) is 14.3. The molecule has 30 heavy (non-hydrogen) atoms. The van der Waals surface area contributed by atoms with Crippen LogP contribution in [-0.4, -0.2) is 54.3 Å². The van der Waals surface area contributed by atoms with Gasteiger partial charge in [0.1, 0.15) is 11.9 Å². The molecule has 0 bridgehead atoms. The van der Waals surface area contributed by atoms with Crippen LogP contribution in [0.2, 0.25) is 0 Å². The Hall–Kier alpha value is -3.39. The number of likely N-dealkylation sites (tertiary alicyclic amines) is 1. The number of rotatable bonds is 7. The molecule has 2 unspecified atom stereocenters. The molecule has 1 heterocycles. The van der Waals surface area contributed by atoms with E-state index in [9.17, 15) is 14.7 Å². The van der Waals surface area contributed by atoms with Gasteiger partial charge in [0.15, 0.2) is 6.10 Å². The summed E-state index contributed by atoms with van der Waals surface area (Å²) in [5, 5.41) is 20.8. The normalized spacial score (nSPS) is 16.4. The summed E-state index contributed by atoms with van der Waals surface area (Å²) in [5.41, 5.74) is 8.31. The average Bonchev–Trinajstić information content (AvgIpc) is 2.71. The number of hydrogen-bond acceptors (Lipinski definition) is 5. The molecule has 1 saturated heterocycles. The number of amidine groups is 1. The molecule has 1 fully saturated rings. The van der Waals surface area contributed by atoms with Gasteiger partial charge in [-0.25, -0.2) is 0 Å². The smallest absolute Gasteiger partial charge is 0.256 e. The predicted octanol–water partition coefficient (Wildman–Crippen LogP) is 0.987. The van der Waals surface area contributed by atoms with Crippen LogP contribution in [0.1, 0.15) is 29.2 Å². The van der Waals surface area contributed by atoms with Gasteiger partial charge in [-0.2, -0.15) is 0 Å². The van der Waals surface area contributed by atoms with E-state index < -0.39 is 18.1 Å². The second kappa shape index (κ2) is 8.96. The second-order valence-corrected chi connectivity index (χ2v) is 7.56. The van der Waals surface area contributed by atoms with Crippen molar-refractivity contribution >= 4 is 23.3 Å². The highest BCUT2D eigenvalue weighted by molar-refractivity contribution is 5.95. The molecule has 0 saturated carbocycles. The number of aliphatic hydroxyl groups excluding tert-OH is 1. The van der Waals surface area contributed by atoms with Gasteiger partial charge >= 0.3 is 0 Å². The third-order valence-corrected chi connectivity index (χ3v) is 5.27. The number of aliphatic hydroxyl groups is 1. The van der Waals surface area contributed by atoms with Crippen molar-refractivity contribution in [1.82, 2.24) is 10.2 Å². The summed E-state index contributed by atoms with van der Waals surface area (Å²) in [5.74, 6) is -0.730. The molecule has 5 N–H and O–H groups in total. The molecule has 1 aliphatic rings. The molecule has 3 rings (SSSR count). The molecular weight excluding hydrogens is 382 g/mol. The first-order valence-corrected chi connectivity index (χ1v) is 9.75. The Kier molecular flexibility index (Phi) is 6.37. The Bertz CT molecular complexity index is 942. The maximum Gasteiger partial charge on any atom is 0.256 e. The number of carbonyl (C=O) groups is 2. The quantitative estimate of drug-likeness (QED) is 0.401. The average molecular weight is 409 g/mol. The van der Waals surface area contributed by atoms with Gasteiger partial charge < -0.3 is 26.0 Å². The predicted molar refractivity (Wildman–Crippen MR) is 115 cm³/mol. The lowest BCUT2D eigenvalue weighted by Gasteiger charge is -2.40. The van der Waals surface area contributed by atoms with Crippen LogP contribution in [0, 0.1) is 5.41 Å². The Morgan fingerprint density at radius 1 is 1.27 bits per heavy atom. The van der Waals surface area contributed by atoms with Crippen molar-refractivity contribution in [1.29, 1.82) is 5.41 Å². The number of amides is 2. The minimum Gasteiger partial charge on any atom is -0.384 e. The molecule has 0 spiro atoms. The number of anilines is 1. The lowest BCUT2D eigenvalue weighted by atomic mass is 9.98. The third-order valence-electron chi connectivity index (χ3n) is 5.27. The zero-order valence-electron chi connectivity index (χ0n) is 17.1. The fourth-order valence-corrected chi connectivity index (χ4v) is 3.31. The van der Waals surface area contributed by atoms with Crippen LogP contribution in [0.25, 0.3) is 0 Å². The van der Waals surface area contributed by atoms with E-state index in [1.165, 1.54) is 4.90 Å². The Balaban J connectivity index is 1.59. The highest BCUT2D eigenvalue weighted by Crippen LogP contribution is 2.26. The summed E-state index contributed by atoms with van der Waals surface area (Å²) in [6, 6.07) is 13.6. The van der Waals surface area contributed by atoms with E-state index in [4.69, 9.17) is 11.1 Å². The molecule has 2 aromatic carbocycles. The molecule has 0 aliphatic carbocycles. The molecule has 8 nitrogen and oxygen atoms in total. The van der Waals surface area contributed by atoms with Crippen molar-refractivity contribution in [3.63, 3.8) is 0 Å². The molecule has 158 valence electrons. The van der Waals surface area contributed by atoms with Gasteiger partial charge in [0, 0.05) is 38.4 Å². The topological polar surface area (TPSA) is 123 Å². The van der Waals surface area contributed by atoms with E-state index in [-0.39, 0.29) is 11.7 Å². The van der Waals surface area contributed by atoms with Gasteiger partial charge in [0.2, 0.25) is 5.91 Å². The maximum absolute atomic E-state index is 12.7. The van der Waals surface area contributed by atoms with Crippen LogP contribution in [0.4, 0.5) is 5.69 Å². The molecule has 2 atom stereocenters. The first-order valence-electron chi connectivity index (χ1n) is 9.75. The Morgan fingerprint density at radius 3 is 2.53 bits per heavy atom. The maximum atomic E-state index is 12.7. The van der Waals surface area contributed by atoms with Gasteiger partial charge in [-0.05, 0) is 29.7 Å². The van der Waals surface area contributed by atoms with E-state index in [1.807, 2.05) is 25.1 Å². The zero-order chi connectivity index (χ0) is 21.8. The summed E-state index contributed by atoms with van der Waals surface area (Å²) in [4.78, 5) is 28.6. The monoisotopic (exact) mass is 409 g/mol. The standard InChI is InChI=1S/C22H27N5O3/c1-26(2)17-5-3-4-16(12-17)19(28)22(30)27-11-10-18(27)21(29)25-13-14-6-8-15(9-7-14)20(23)24/h3-9,12,18-19,28H,10-11,13H2,1-2H3,(H3,23,24)(H,25,29). The SMILES string of the molecule is CN(C)c1cccc(C(O)C(=O)N2CCC2C(=O)NCc2ccc(C(=N)N)cc2)c1. The Morgan fingerprint density at radius 2 is 1.97 bits per heavy atom. The van der Waals surface area contributed by atoms with Gasteiger partial charge in [-0.15, -0.1) is 0 Å². The van der Waals surface area contributed by atoms with Crippen LogP contribution in [-0.2, 0) is 16.1 Å². The van der Waals surface area contributed by atoms with E-state index in [1.54, 1.807) is 42.5 Å². The van der Waals surface area contributed by atoms with Crippen molar-refractivity contribution in [2.24, 2.45) is 5.73 Å². The number of benzene rings is 2. The minimum absolute atomic E-state index is 0.0103. The fourth-order valence-electron chi connectivity index (χ4n) is 3.31. The molecule has 1 aliphatic heterocycles. The highest BCUT2D eigenvalue weighted by atomic mass is 16.3. The number of carbonyl (C=O) groups excluding carboxylic acids is 2. The minimum atomic E-state index is -1.31. The van der Waals surface area contributed by atoms with E-state index in [0.717, 1.165) is 11.3 Å². The van der Waals surface area contributed by atoms with Crippen LogP contribution in [0.3, 0.4) is 0 Å². The number of nitrogens with zero attached hydrogens (tertiary/aromatic N) is 2. The van der Waals surface area contributed by atoms with Crippen molar-refractivity contribution in [3.05, 3.63) is 65.2 Å². The number of hydrogen-bond donors (Lipinski definition) is 4. The highest BCUT2D eigenvalue weighted by Gasteiger charge is 2.40. The molecule has 2 amide bonds. The van der Waals surface area contributed by atoms with Crippen molar-refractivity contribution in [2.45, 2.75) is 25.1 Å². The van der Waals surface area contributed by atoms with Gasteiger partial charge in [0.25, 0.3) is 5.91 Å². The second-order valence-electron chi connectivity index (χ2n) is 7.56. The van der Waals surface area contributed by atoms with Gasteiger partial charge in [-0.1, -0.05) is 36.4 Å². The molecule has 2 aromatic rings. The van der Waals surface area contributed by atoms with E-state index in [0.29, 0.717) is 30.6 Å². The zero-order valence-corrected chi connectivity index (χ0v) is 17.1. The van der Waals surface area contributed by atoms with Gasteiger partial charge in [-0.3, -0.25) is 15.0 Å². The molecule has 0 radical (unpaired) electrons. The van der Waals surface area contributed by atoms with Crippen molar-refractivity contribution in [3.8, 4) is 0 Å². The summed E-state index contributed by atoms with van der Waals surface area (Å²) in [7, 11) is 3.77. The Labute approximate surface area is 175 Å². The van der Waals surface area contributed by atoms with E-state index >= 15 is 0 Å². The molecule has 0 aromatic heterocycles. The molecule has 8 heteroatoms. The lowest BCUT2D eigenvalue weighted by Crippen LogP contribution is -2.59. The van der Waals surface area contributed by atoms with Crippen molar-refractivity contribution in [2.75, 3.05) is 25.5 Å².